The van der Waals surface area contributed by atoms with E-state index in [9.17, 15) is 14.7 Å². The Hall–Kier alpha value is -1.49. The maximum Gasteiger partial charge on any atom is 0.326 e. The lowest BCUT2D eigenvalue weighted by molar-refractivity contribution is -0.142. The lowest BCUT2D eigenvalue weighted by Crippen LogP contribution is -2.49. The fourth-order valence-corrected chi connectivity index (χ4v) is 2.33. The van der Waals surface area contributed by atoms with Crippen LogP contribution in [0.1, 0.15) is 32.8 Å². The van der Waals surface area contributed by atoms with Crippen LogP contribution in [-0.4, -0.2) is 27.8 Å². The van der Waals surface area contributed by atoms with Gasteiger partial charge in [-0.05, 0) is 31.2 Å². The van der Waals surface area contributed by atoms with E-state index in [0.717, 1.165) is 5.56 Å². The zero-order valence-corrected chi connectivity index (χ0v) is 13.6. The van der Waals surface area contributed by atoms with Gasteiger partial charge < -0.3 is 10.4 Å². The second kappa shape index (κ2) is 7.50. The van der Waals surface area contributed by atoms with Gasteiger partial charge in [0.15, 0.2) is 0 Å². The number of hydrogen-bond donors (Lipinski definition) is 3. The largest absolute Gasteiger partial charge is 0.480 e. The van der Waals surface area contributed by atoms with E-state index in [0.29, 0.717) is 12.8 Å². The van der Waals surface area contributed by atoms with Gasteiger partial charge >= 0.3 is 5.97 Å². The van der Waals surface area contributed by atoms with E-state index in [1.165, 1.54) is 0 Å². The minimum atomic E-state index is -1.01. The quantitative estimate of drug-likeness (QED) is 0.678. The van der Waals surface area contributed by atoms with E-state index in [2.05, 4.69) is 17.9 Å². The number of aliphatic carboxylic acids is 1. The number of carboxylic acids is 1. The Labute approximate surface area is 131 Å². The molecule has 0 spiro atoms. The van der Waals surface area contributed by atoms with Gasteiger partial charge in [-0.1, -0.05) is 44.2 Å². The first kappa shape index (κ1) is 17.6. The number of carboxylic acid groups (broad SMARTS) is 1. The van der Waals surface area contributed by atoms with Crippen molar-refractivity contribution in [3.05, 3.63) is 35.9 Å². The first-order chi connectivity index (χ1) is 9.72. The number of thiol groups is 1. The van der Waals surface area contributed by atoms with Gasteiger partial charge in [-0.3, -0.25) is 4.79 Å². The molecule has 0 fully saturated rings. The molecular formula is C16H23NO3S. The molecule has 0 aliphatic heterocycles. The van der Waals surface area contributed by atoms with Crippen LogP contribution in [0.3, 0.4) is 0 Å². The number of carbonyl (C=O) groups is 2. The van der Waals surface area contributed by atoms with E-state index in [1.54, 1.807) is 6.92 Å². The van der Waals surface area contributed by atoms with Gasteiger partial charge in [0.25, 0.3) is 0 Å². The first-order valence-electron chi connectivity index (χ1n) is 7.02. The van der Waals surface area contributed by atoms with Gasteiger partial charge in [0.1, 0.15) is 6.04 Å². The highest BCUT2D eigenvalue weighted by atomic mass is 32.1. The molecule has 2 atom stereocenters. The fraction of sp³-hybridized carbons (Fsp3) is 0.500. The fourth-order valence-electron chi connectivity index (χ4n) is 2.08. The van der Waals surface area contributed by atoms with Crippen LogP contribution in [0, 0.1) is 5.92 Å². The summed E-state index contributed by atoms with van der Waals surface area (Å²) in [6.07, 6.45) is 0.840. The van der Waals surface area contributed by atoms with Crippen LogP contribution in [0.4, 0.5) is 0 Å². The maximum absolute atomic E-state index is 12.3. The van der Waals surface area contributed by atoms with Crippen LogP contribution in [-0.2, 0) is 16.0 Å². The Morgan fingerprint density at radius 3 is 2.33 bits per heavy atom. The Balaban J connectivity index is 2.73. The summed E-state index contributed by atoms with van der Waals surface area (Å²) in [5, 5.41) is 11.8. The Morgan fingerprint density at radius 1 is 1.29 bits per heavy atom. The molecule has 0 radical (unpaired) electrons. The summed E-state index contributed by atoms with van der Waals surface area (Å²) in [6.45, 7) is 5.55. The standard InChI is InChI=1S/C16H23NO3S/c1-11(2)9-13(14(18)19)17-15(20)16(3,21)10-12-7-5-4-6-8-12/h4-8,11,13,21H,9-10H2,1-3H3,(H,17,20)(H,18,19). The average Bonchev–Trinajstić information content (AvgIpc) is 2.37. The van der Waals surface area contributed by atoms with Gasteiger partial charge in [0.05, 0.1) is 4.75 Å². The van der Waals surface area contributed by atoms with E-state index < -0.39 is 16.8 Å². The van der Waals surface area contributed by atoms with Crippen LogP contribution in [0.15, 0.2) is 30.3 Å². The number of amides is 1. The van der Waals surface area contributed by atoms with Crippen molar-refractivity contribution in [2.75, 3.05) is 0 Å². The van der Waals surface area contributed by atoms with Crippen molar-refractivity contribution in [1.29, 1.82) is 0 Å². The summed E-state index contributed by atoms with van der Waals surface area (Å²) in [6, 6.07) is 8.67. The van der Waals surface area contributed by atoms with Crippen LogP contribution in [0.2, 0.25) is 0 Å². The molecule has 5 heteroatoms. The predicted octanol–water partition coefficient (Wildman–Crippen LogP) is 2.53. The van der Waals surface area contributed by atoms with Crippen molar-refractivity contribution >= 4 is 24.5 Å². The summed E-state index contributed by atoms with van der Waals surface area (Å²) in [4.78, 5) is 23.5. The molecule has 1 rings (SSSR count). The SMILES string of the molecule is CC(C)CC(NC(=O)C(C)(S)Cc1ccccc1)C(=O)O. The molecule has 0 saturated carbocycles. The summed E-state index contributed by atoms with van der Waals surface area (Å²) in [7, 11) is 0. The molecule has 4 nitrogen and oxygen atoms in total. The second-order valence-corrected chi connectivity index (χ2v) is 6.92. The van der Waals surface area contributed by atoms with Crippen molar-refractivity contribution in [3.63, 3.8) is 0 Å². The monoisotopic (exact) mass is 309 g/mol. The predicted molar refractivity (Wildman–Crippen MR) is 86.6 cm³/mol. The maximum atomic E-state index is 12.3. The van der Waals surface area contributed by atoms with Crippen LogP contribution < -0.4 is 5.32 Å². The molecule has 21 heavy (non-hydrogen) atoms. The number of benzene rings is 1. The average molecular weight is 309 g/mol. The summed E-state index contributed by atoms with van der Waals surface area (Å²) >= 11 is 4.42. The lowest BCUT2D eigenvalue weighted by Gasteiger charge is -2.26. The lowest BCUT2D eigenvalue weighted by atomic mass is 9.97. The van der Waals surface area contributed by atoms with Gasteiger partial charge in [0, 0.05) is 0 Å². The number of hydrogen-bond acceptors (Lipinski definition) is 3. The van der Waals surface area contributed by atoms with E-state index in [1.807, 2.05) is 44.2 Å². The van der Waals surface area contributed by atoms with Gasteiger partial charge in [0.2, 0.25) is 5.91 Å². The second-order valence-electron chi connectivity index (χ2n) is 5.93. The van der Waals surface area contributed by atoms with Gasteiger partial charge in [-0.2, -0.15) is 12.6 Å². The third-order valence-corrected chi connectivity index (χ3v) is 3.55. The Morgan fingerprint density at radius 2 is 1.86 bits per heavy atom. The highest BCUT2D eigenvalue weighted by molar-refractivity contribution is 7.82. The summed E-state index contributed by atoms with van der Waals surface area (Å²) in [5.74, 6) is -1.18. The molecule has 2 unspecified atom stereocenters. The Bertz CT molecular complexity index is 486. The zero-order valence-electron chi connectivity index (χ0n) is 12.7. The molecule has 0 aliphatic carbocycles. The van der Waals surface area contributed by atoms with Crippen LogP contribution in [0.5, 0.6) is 0 Å². The molecular weight excluding hydrogens is 286 g/mol. The third-order valence-electron chi connectivity index (χ3n) is 3.19. The van der Waals surface area contributed by atoms with Crippen molar-refractivity contribution in [2.24, 2.45) is 5.92 Å². The molecule has 0 aliphatic rings. The van der Waals surface area contributed by atoms with E-state index in [4.69, 9.17) is 0 Å². The molecule has 2 N–H and O–H groups in total. The highest BCUT2D eigenvalue weighted by Gasteiger charge is 2.32. The number of rotatable bonds is 7. The van der Waals surface area contributed by atoms with Crippen LogP contribution in [0.25, 0.3) is 0 Å². The molecule has 1 aromatic rings. The van der Waals surface area contributed by atoms with Crippen LogP contribution >= 0.6 is 12.6 Å². The van der Waals surface area contributed by atoms with Crippen molar-refractivity contribution in [3.8, 4) is 0 Å². The minimum Gasteiger partial charge on any atom is -0.480 e. The number of nitrogens with one attached hydrogen (secondary N) is 1. The van der Waals surface area contributed by atoms with Crippen molar-refractivity contribution < 1.29 is 14.7 Å². The minimum absolute atomic E-state index is 0.187. The molecule has 0 saturated heterocycles. The Kier molecular flexibility index (Phi) is 6.27. The molecule has 1 aromatic carbocycles. The molecule has 0 heterocycles. The molecule has 1 amide bonds. The summed E-state index contributed by atoms with van der Waals surface area (Å²) < 4.78 is -0.952. The molecule has 116 valence electrons. The van der Waals surface area contributed by atoms with Crippen molar-refractivity contribution in [1.82, 2.24) is 5.32 Å². The topological polar surface area (TPSA) is 66.4 Å². The van der Waals surface area contributed by atoms with Gasteiger partial charge in [-0.25, -0.2) is 4.79 Å². The first-order valence-corrected chi connectivity index (χ1v) is 7.47. The normalized spacial score (nSPS) is 15.3. The zero-order chi connectivity index (χ0) is 16.0. The smallest absolute Gasteiger partial charge is 0.326 e. The molecule has 0 bridgehead atoms. The van der Waals surface area contributed by atoms with Crippen molar-refractivity contribution in [2.45, 2.75) is 44.4 Å². The van der Waals surface area contributed by atoms with E-state index in [-0.39, 0.29) is 11.8 Å². The third kappa shape index (κ3) is 5.79. The van der Waals surface area contributed by atoms with Gasteiger partial charge in [-0.15, -0.1) is 0 Å². The summed E-state index contributed by atoms with van der Waals surface area (Å²) in [5.41, 5.74) is 0.987. The number of carbonyl (C=O) groups excluding carboxylic acids is 1. The highest BCUT2D eigenvalue weighted by Crippen LogP contribution is 2.21. The van der Waals surface area contributed by atoms with E-state index >= 15 is 0 Å². The molecule has 0 aromatic heterocycles.